The maximum absolute atomic E-state index is 3.67. The first-order chi connectivity index (χ1) is 10.1. The minimum atomic E-state index is 0.507. The Morgan fingerprint density at radius 3 is 2.48 bits per heavy atom. The SMILES string of the molecule is CC(C)CNCC(c1ccccc1)N1CCC(C)CC1C. The Morgan fingerprint density at radius 2 is 1.86 bits per heavy atom. The minimum Gasteiger partial charge on any atom is -0.315 e. The van der Waals surface area contributed by atoms with Crippen molar-refractivity contribution in [2.45, 2.75) is 52.6 Å². The van der Waals surface area contributed by atoms with Crippen LogP contribution >= 0.6 is 0 Å². The standard InChI is InChI=1S/C19H32N2/c1-15(2)13-20-14-19(18-8-6-5-7-9-18)21-11-10-16(3)12-17(21)4/h5-9,15-17,19-20H,10-14H2,1-4H3. The lowest BCUT2D eigenvalue weighted by Gasteiger charge is -2.42. The van der Waals surface area contributed by atoms with E-state index in [-0.39, 0.29) is 0 Å². The number of nitrogens with zero attached hydrogens (tertiary/aromatic N) is 1. The third-order valence-corrected chi connectivity index (χ3v) is 4.66. The zero-order valence-electron chi connectivity index (χ0n) is 14.2. The number of hydrogen-bond donors (Lipinski definition) is 1. The second-order valence-electron chi connectivity index (χ2n) is 7.19. The van der Waals surface area contributed by atoms with Crippen LogP contribution in [0.1, 0.15) is 52.1 Å². The van der Waals surface area contributed by atoms with Crippen LogP contribution in [0.15, 0.2) is 30.3 Å². The van der Waals surface area contributed by atoms with Gasteiger partial charge in [-0.25, -0.2) is 0 Å². The van der Waals surface area contributed by atoms with Gasteiger partial charge in [0.2, 0.25) is 0 Å². The van der Waals surface area contributed by atoms with Gasteiger partial charge in [-0.1, -0.05) is 51.1 Å². The molecule has 1 saturated heterocycles. The van der Waals surface area contributed by atoms with Crippen LogP contribution < -0.4 is 5.32 Å². The highest BCUT2D eigenvalue weighted by atomic mass is 15.2. The summed E-state index contributed by atoms with van der Waals surface area (Å²) < 4.78 is 0. The van der Waals surface area contributed by atoms with E-state index in [0.717, 1.165) is 19.0 Å². The summed E-state index contributed by atoms with van der Waals surface area (Å²) in [6.07, 6.45) is 2.66. The highest BCUT2D eigenvalue weighted by molar-refractivity contribution is 5.20. The summed E-state index contributed by atoms with van der Waals surface area (Å²) in [5.74, 6) is 1.58. The van der Waals surface area contributed by atoms with E-state index in [1.54, 1.807) is 0 Å². The molecular formula is C19H32N2. The molecule has 1 N–H and O–H groups in total. The summed E-state index contributed by atoms with van der Waals surface area (Å²) in [6, 6.07) is 12.2. The van der Waals surface area contributed by atoms with Gasteiger partial charge < -0.3 is 5.32 Å². The van der Waals surface area contributed by atoms with E-state index in [1.807, 2.05) is 0 Å². The van der Waals surface area contributed by atoms with Gasteiger partial charge in [0, 0.05) is 18.6 Å². The predicted octanol–water partition coefficient (Wildman–Crippen LogP) is 4.09. The second-order valence-corrected chi connectivity index (χ2v) is 7.19. The molecule has 2 rings (SSSR count). The summed E-state index contributed by atoms with van der Waals surface area (Å²) >= 11 is 0. The smallest absolute Gasteiger partial charge is 0.0475 e. The Balaban J connectivity index is 2.08. The fourth-order valence-electron chi connectivity index (χ4n) is 3.50. The Labute approximate surface area is 130 Å². The topological polar surface area (TPSA) is 15.3 Å². The van der Waals surface area contributed by atoms with Crippen molar-refractivity contribution in [1.29, 1.82) is 0 Å². The lowest BCUT2D eigenvalue weighted by molar-refractivity contribution is 0.0802. The number of nitrogens with one attached hydrogen (secondary N) is 1. The maximum Gasteiger partial charge on any atom is 0.0475 e. The van der Waals surface area contributed by atoms with Crippen LogP contribution in [-0.2, 0) is 0 Å². The molecule has 1 fully saturated rings. The van der Waals surface area contributed by atoms with Gasteiger partial charge in [-0.15, -0.1) is 0 Å². The van der Waals surface area contributed by atoms with E-state index in [9.17, 15) is 0 Å². The molecule has 1 aromatic rings. The predicted molar refractivity (Wildman–Crippen MR) is 91.5 cm³/mol. The zero-order valence-corrected chi connectivity index (χ0v) is 14.2. The summed E-state index contributed by atoms with van der Waals surface area (Å²) in [6.45, 7) is 12.7. The van der Waals surface area contributed by atoms with Gasteiger partial charge in [0.1, 0.15) is 0 Å². The van der Waals surface area contributed by atoms with Gasteiger partial charge in [-0.05, 0) is 50.3 Å². The van der Waals surface area contributed by atoms with Crippen LogP contribution in [0.3, 0.4) is 0 Å². The van der Waals surface area contributed by atoms with E-state index in [0.29, 0.717) is 18.0 Å². The van der Waals surface area contributed by atoms with Crippen molar-refractivity contribution in [3.05, 3.63) is 35.9 Å². The lowest BCUT2D eigenvalue weighted by atomic mass is 9.90. The number of benzene rings is 1. The van der Waals surface area contributed by atoms with Crippen LogP contribution in [0.4, 0.5) is 0 Å². The molecule has 0 bridgehead atoms. The number of likely N-dealkylation sites (tertiary alicyclic amines) is 1. The van der Waals surface area contributed by atoms with Gasteiger partial charge in [0.05, 0.1) is 0 Å². The fourth-order valence-corrected chi connectivity index (χ4v) is 3.50. The summed E-state index contributed by atoms with van der Waals surface area (Å²) in [5, 5.41) is 3.67. The van der Waals surface area contributed by atoms with E-state index in [1.165, 1.54) is 24.9 Å². The van der Waals surface area contributed by atoms with Crippen LogP contribution in [-0.4, -0.2) is 30.6 Å². The molecule has 0 aromatic heterocycles. The molecule has 3 atom stereocenters. The monoisotopic (exact) mass is 288 g/mol. The highest BCUT2D eigenvalue weighted by Gasteiger charge is 2.29. The van der Waals surface area contributed by atoms with Crippen molar-refractivity contribution in [3.63, 3.8) is 0 Å². The van der Waals surface area contributed by atoms with Crippen molar-refractivity contribution in [1.82, 2.24) is 10.2 Å². The Morgan fingerprint density at radius 1 is 1.14 bits per heavy atom. The Kier molecular flexibility index (Phi) is 6.25. The highest BCUT2D eigenvalue weighted by Crippen LogP contribution is 2.30. The fraction of sp³-hybridized carbons (Fsp3) is 0.684. The maximum atomic E-state index is 3.67. The Bertz CT molecular complexity index is 401. The molecule has 21 heavy (non-hydrogen) atoms. The van der Waals surface area contributed by atoms with Gasteiger partial charge in [-0.2, -0.15) is 0 Å². The molecule has 3 unspecified atom stereocenters. The first-order valence-corrected chi connectivity index (χ1v) is 8.59. The molecule has 0 amide bonds. The molecule has 1 aliphatic heterocycles. The molecule has 0 saturated carbocycles. The average molecular weight is 288 g/mol. The molecule has 0 spiro atoms. The number of hydrogen-bond acceptors (Lipinski definition) is 2. The van der Waals surface area contributed by atoms with Crippen LogP contribution in [0.25, 0.3) is 0 Å². The van der Waals surface area contributed by atoms with Crippen molar-refractivity contribution < 1.29 is 0 Å². The molecule has 0 radical (unpaired) electrons. The van der Waals surface area contributed by atoms with Gasteiger partial charge in [0.15, 0.2) is 0 Å². The van der Waals surface area contributed by atoms with Crippen LogP contribution in [0, 0.1) is 11.8 Å². The largest absolute Gasteiger partial charge is 0.315 e. The van der Waals surface area contributed by atoms with E-state index < -0.39 is 0 Å². The van der Waals surface area contributed by atoms with Crippen molar-refractivity contribution >= 4 is 0 Å². The van der Waals surface area contributed by atoms with Gasteiger partial charge in [0.25, 0.3) is 0 Å². The first kappa shape index (κ1) is 16.5. The summed E-state index contributed by atoms with van der Waals surface area (Å²) in [7, 11) is 0. The summed E-state index contributed by atoms with van der Waals surface area (Å²) in [4.78, 5) is 2.71. The van der Waals surface area contributed by atoms with E-state index >= 15 is 0 Å². The third-order valence-electron chi connectivity index (χ3n) is 4.66. The van der Waals surface area contributed by atoms with Gasteiger partial charge in [-0.3, -0.25) is 4.90 Å². The van der Waals surface area contributed by atoms with E-state index in [4.69, 9.17) is 0 Å². The first-order valence-electron chi connectivity index (χ1n) is 8.59. The van der Waals surface area contributed by atoms with Crippen molar-refractivity contribution in [2.24, 2.45) is 11.8 Å². The second kappa shape index (κ2) is 7.95. The lowest BCUT2D eigenvalue weighted by Crippen LogP contribution is -2.46. The van der Waals surface area contributed by atoms with E-state index in [2.05, 4.69) is 68.2 Å². The molecule has 2 nitrogen and oxygen atoms in total. The van der Waals surface area contributed by atoms with Crippen LogP contribution in [0.2, 0.25) is 0 Å². The molecule has 2 heteroatoms. The quantitative estimate of drug-likeness (QED) is 0.848. The number of rotatable bonds is 6. The molecule has 1 heterocycles. The number of piperidine rings is 1. The molecule has 118 valence electrons. The zero-order chi connectivity index (χ0) is 15.2. The Hall–Kier alpha value is -0.860. The third kappa shape index (κ3) is 4.82. The summed E-state index contributed by atoms with van der Waals surface area (Å²) in [5.41, 5.74) is 1.45. The van der Waals surface area contributed by atoms with Crippen molar-refractivity contribution in [2.75, 3.05) is 19.6 Å². The molecule has 1 aromatic carbocycles. The van der Waals surface area contributed by atoms with Gasteiger partial charge >= 0.3 is 0 Å². The average Bonchev–Trinajstić information content (AvgIpc) is 2.45. The minimum absolute atomic E-state index is 0.507. The molecular weight excluding hydrogens is 256 g/mol. The van der Waals surface area contributed by atoms with Crippen molar-refractivity contribution in [3.8, 4) is 0 Å². The van der Waals surface area contributed by atoms with Crippen LogP contribution in [0.5, 0.6) is 0 Å². The normalized spacial score (nSPS) is 25.2. The molecule has 0 aliphatic carbocycles. The molecule has 1 aliphatic rings.